The summed E-state index contributed by atoms with van der Waals surface area (Å²) in [6.45, 7) is 5.08. The first-order valence-electron chi connectivity index (χ1n) is 5.05. The third kappa shape index (κ3) is 3.58. The maximum atomic E-state index is 11.4. The van der Waals surface area contributed by atoms with E-state index in [2.05, 4.69) is 32.6 Å². The maximum absolute atomic E-state index is 11.4. The number of likely N-dealkylation sites (N-methyl/N-ethyl adjacent to an activating group) is 1. The molecule has 1 heterocycles. The molecule has 1 aromatic heterocycles. The van der Waals surface area contributed by atoms with E-state index in [0.717, 1.165) is 9.39 Å². The van der Waals surface area contributed by atoms with Crippen molar-refractivity contribution in [2.24, 2.45) is 0 Å². The molecule has 0 aliphatic rings. The van der Waals surface area contributed by atoms with Gasteiger partial charge in [-0.3, -0.25) is 4.79 Å². The van der Waals surface area contributed by atoms with Gasteiger partial charge in [-0.2, -0.15) is 0 Å². The summed E-state index contributed by atoms with van der Waals surface area (Å²) in [6.07, 6.45) is 3.20. The lowest BCUT2D eigenvalue weighted by atomic mass is 10.4. The Bertz CT molecular complexity index is 360. The van der Waals surface area contributed by atoms with Gasteiger partial charge in [-0.25, -0.2) is 9.97 Å². The van der Waals surface area contributed by atoms with Crippen molar-refractivity contribution in [3.63, 3.8) is 0 Å². The molecule has 88 valence electrons. The van der Waals surface area contributed by atoms with Gasteiger partial charge in [0, 0.05) is 12.7 Å². The number of aromatic nitrogens is 2. The van der Waals surface area contributed by atoms with E-state index >= 15 is 0 Å². The Balaban J connectivity index is 2.75. The predicted octanol–water partition coefficient (Wildman–Crippen LogP) is 1.47. The number of carbonyl (C=O) groups is 1. The van der Waals surface area contributed by atoms with E-state index in [-0.39, 0.29) is 12.5 Å². The van der Waals surface area contributed by atoms with Crippen LogP contribution in [0.3, 0.4) is 0 Å². The fourth-order valence-electron chi connectivity index (χ4n) is 1.24. The molecule has 0 radical (unpaired) electrons. The minimum Gasteiger partial charge on any atom is -0.465 e. The molecule has 0 aromatic carbocycles. The average molecular weight is 335 g/mol. The van der Waals surface area contributed by atoms with E-state index in [4.69, 9.17) is 4.74 Å². The Labute approximate surface area is 108 Å². The fraction of sp³-hybridized carbons (Fsp3) is 0.500. The van der Waals surface area contributed by atoms with Crippen molar-refractivity contribution in [1.29, 1.82) is 0 Å². The number of nitrogens with zero attached hydrogens (tertiary/aromatic N) is 3. The third-order valence-electron chi connectivity index (χ3n) is 1.95. The van der Waals surface area contributed by atoms with Crippen molar-refractivity contribution in [1.82, 2.24) is 9.97 Å². The molecule has 0 saturated heterocycles. The zero-order chi connectivity index (χ0) is 12.0. The zero-order valence-electron chi connectivity index (χ0n) is 9.31. The van der Waals surface area contributed by atoms with Crippen LogP contribution in [0.2, 0.25) is 0 Å². The molecule has 6 heteroatoms. The van der Waals surface area contributed by atoms with Gasteiger partial charge in [-0.15, -0.1) is 0 Å². The van der Waals surface area contributed by atoms with Gasteiger partial charge in [-0.1, -0.05) is 0 Å². The molecule has 0 bridgehead atoms. The molecule has 5 nitrogen and oxygen atoms in total. The van der Waals surface area contributed by atoms with E-state index in [9.17, 15) is 4.79 Å². The Hall–Kier alpha value is -0.920. The Morgan fingerprint density at radius 1 is 1.56 bits per heavy atom. The molecule has 16 heavy (non-hydrogen) atoms. The van der Waals surface area contributed by atoms with Crippen LogP contribution in [0.1, 0.15) is 13.8 Å². The minimum atomic E-state index is -0.237. The van der Waals surface area contributed by atoms with Crippen molar-refractivity contribution < 1.29 is 9.53 Å². The average Bonchev–Trinajstić information content (AvgIpc) is 2.27. The highest BCUT2D eigenvalue weighted by atomic mass is 127. The number of carbonyl (C=O) groups excluding carboxylic acids is 1. The summed E-state index contributed by atoms with van der Waals surface area (Å²) in [5, 5.41) is 0. The highest BCUT2D eigenvalue weighted by Gasteiger charge is 2.14. The summed E-state index contributed by atoms with van der Waals surface area (Å²) in [6, 6.07) is 0. The first kappa shape index (κ1) is 13.1. The number of rotatable bonds is 5. The van der Waals surface area contributed by atoms with Crippen LogP contribution in [-0.2, 0) is 9.53 Å². The summed E-state index contributed by atoms with van der Waals surface area (Å²) >= 11 is 2.15. The smallest absolute Gasteiger partial charge is 0.325 e. The monoisotopic (exact) mass is 335 g/mol. The molecule has 1 aromatic rings. The Kier molecular flexibility index (Phi) is 5.44. The van der Waals surface area contributed by atoms with Gasteiger partial charge in [0.2, 0.25) is 0 Å². The number of hydrogen-bond acceptors (Lipinski definition) is 5. The molecule has 0 atom stereocenters. The molecular formula is C10H14IN3O2. The second kappa shape index (κ2) is 6.62. The van der Waals surface area contributed by atoms with Gasteiger partial charge in [-0.05, 0) is 36.4 Å². The van der Waals surface area contributed by atoms with E-state index in [1.54, 1.807) is 13.1 Å². The van der Waals surface area contributed by atoms with Gasteiger partial charge in [0.05, 0.1) is 10.2 Å². The van der Waals surface area contributed by atoms with Gasteiger partial charge >= 0.3 is 5.97 Å². The molecule has 0 amide bonds. The molecule has 0 saturated carbocycles. The summed E-state index contributed by atoms with van der Waals surface area (Å²) in [4.78, 5) is 21.3. The number of esters is 1. The number of halogens is 1. The molecule has 0 aliphatic heterocycles. The van der Waals surface area contributed by atoms with Crippen LogP contribution in [0.4, 0.5) is 5.82 Å². The summed E-state index contributed by atoms with van der Waals surface area (Å²) < 4.78 is 5.83. The summed E-state index contributed by atoms with van der Waals surface area (Å²) in [7, 11) is 0. The summed E-state index contributed by atoms with van der Waals surface area (Å²) in [5.74, 6) is 0.532. The van der Waals surface area contributed by atoms with Crippen LogP contribution in [0.25, 0.3) is 0 Å². The second-order valence-electron chi connectivity index (χ2n) is 3.01. The largest absolute Gasteiger partial charge is 0.465 e. The minimum absolute atomic E-state index is 0.220. The van der Waals surface area contributed by atoms with Crippen LogP contribution in [0.5, 0.6) is 0 Å². The molecular weight excluding hydrogens is 321 g/mol. The molecule has 1 rings (SSSR count). The van der Waals surface area contributed by atoms with Crippen LogP contribution in [0, 0.1) is 3.57 Å². The maximum Gasteiger partial charge on any atom is 0.325 e. The number of anilines is 1. The quantitative estimate of drug-likeness (QED) is 0.603. The molecule has 0 unspecified atom stereocenters. The van der Waals surface area contributed by atoms with Crippen molar-refractivity contribution in [3.05, 3.63) is 16.1 Å². The topological polar surface area (TPSA) is 55.3 Å². The lowest BCUT2D eigenvalue weighted by Crippen LogP contribution is -2.32. The van der Waals surface area contributed by atoms with Crippen molar-refractivity contribution in [2.45, 2.75) is 13.8 Å². The second-order valence-corrected chi connectivity index (χ2v) is 4.18. The third-order valence-corrected chi connectivity index (χ3v) is 2.72. The highest BCUT2D eigenvalue weighted by Crippen LogP contribution is 2.17. The van der Waals surface area contributed by atoms with Crippen LogP contribution < -0.4 is 4.90 Å². The SMILES string of the molecule is CCOC(=O)CN(CC)c1ncncc1I. The molecule has 0 spiro atoms. The number of hydrogen-bond donors (Lipinski definition) is 0. The molecule has 0 aliphatic carbocycles. The first-order chi connectivity index (χ1) is 7.69. The first-order valence-corrected chi connectivity index (χ1v) is 6.13. The van der Waals surface area contributed by atoms with E-state index in [1.165, 1.54) is 6.33 Å². The van der Waals surface area contributed by atoms with Gasteiger partial charge < -0.3 is 9.64 Å². The van der Waals surface area contributed by atoms with Crippen molar-refractivity contribution >= 4 is 34.4 Å². The zero-order valence-corrected chi connectivity index (χ0v) is 11.5. The Morgan fingerprint density at radius 3 is 2.88 bits per heavy atom. The van der Waals surface area contributed by atoms with E-state index in [1.807, 2.05) is 11.8 Å². The number of ether oxygens (including phenoxy) is 1. The fourth-order valence-corrected chi connectivity index (χ4v) is 1.88. The van der Waals surface area contributed by atoms with Crippen LogP contribution >= 0.6 is 22.6 Å². The van der Waals surface area contributed by atoms with Gasteiger partial charge in [0.25, 0.3) is 0 Å². The lowest BCUT2D eigenvalue weighted by molar-refractivity contribution is -0.141. The standard InChI is InChI=1S/C10H14IN3O2/c1-3-14(6-9(15)16-4-2)10-8(11)5-12-7-13-10/h5,7H,3-4,6H2,1-2H3. The summed E-state index contributed by atoms with van der Waals surface area (Å²) in [5.41, 5.74) is 0. The van der Waals surface area contributed by atoms with Gasteiger partial charge in [0.15, 0.2) is 0 Å². The molecule has 0 fully saturated rings. The highest BCUT2D eigenvalue weighted by molar-refractivity contribution is 14.1. The predicted molar refractivity (Wildman–Crippen MR) is 69.3 cm³/mol. The molecule has 0 N–H and O–H groups in total. The van der Waals surface area contributed by atoms with Crippen LogP contribution in [0.15, 0.2) is 12.5 Å². The van der Waals surface area contributed by atoms with Crippen molar-refractivity contribution in [3.8, 4) is 0 Å². The van der Waals surface area contributed by atoms with Crippen LogP contribution in [-0.4, -0.2) is 35.6 Å². The Morgan fingerprint density at radius 2 is 2.31 bits per heavy atom. The van der Waals surface area contributed by atoms with E-state index < -0.39 is 0 Å². The normalized spacial score (nSPS) is 9.94. The van der Waals surface area contributed by atoms with Crippen molar-refractivity contribution in [2.75, 3.05) is 24.6 Å². The van der Waals surface area contributed by atoms with Gasteiger partial charge in [0.1, 0.15) is 18.7 Å². The van der Waals surface area contributed by atoms with E-state index in [0.29, 0.717) is 13.2 Å². The lowest BCUT2D eigenvalue weighted by Gasteiger charge is -2.21.